The summed E-state index contributed by atoms with van der Waals surface area (Å²) in [4.78, 5) is 0. The number of thioether (sulfide) groups is 1. The highest BCUT2D eigenvalue weighted by atomic mass is 32.2. The van der Waals surface area contributed by atoms with E-state index in [0.717, 1.165) is 6.54 Å². The van der Waals surface area contributed by atoms with Gasteiger partial charge in [-0.3, -0.25) is 0 Å². The summed E-state index contributed by atoms with van der Waals surface area (Å²) in [6.45, 7) is 3.25. The van der Waals surface area contributed by atoms with E-state index in [2.05, 4.69) is 66.8 Å². The predicted octanol–water partition coefficient (Wildman–Crippen LogP) is 4.91. The maximum absolute atomic E-state index is 3.56. The lowest BCUT2D eigenvalue weighted by Crippen LogP contribution is -2.03. The fourth-order valence-corrected chi connectivity index (χ4v) is 2.69. The van der Waals surface area contributed by atoms with Crippen molar-refractivity contribution in [3.05, 3.63) is 54.6 Å². The first-order chi connectivity index (χ1) is 9.42. The number of anilines is 1. The molecule has 0 unspecified atom stereocenters. The fraction of sp³-hybridized carbons (Fsp3) is 0.294. The number of benzene rings is 2. The van der Waals surface area contributed by atoms with Gasteiger partial charge in [-0.2, -0.15) is 11.8 Å². The van der Waals surface area contributed by atoms with Crippen LogP contribution in [0.4, 0.5) is 5.69 Å². The van der Waals surface area contributed by atoms with Crippen LogP contribution in [0, 0.1) is 0 Å². The van der Waals surface area contributed by atoms with Gasteiger partial charge in [0.15, 0.2) is 0 Å². The summed E-state index contributed by atoms with van der Waals surface area (Å²) >= 11 is 2.00. The van der Waals surface area contributed by atoms with Gasteiger partial charge >= 0.3 is 0 Å². The lowest BCUT2D eigenvalue weighted by molar-refractivity contribution is 0.992. The average Bonchev–Trinajstić information content (AvgIpc) is 2.48. The topological polar surface area (TPSA) is 12.0 Å². The third-order valence-corrected chi connectivity index (χ3v) is 3.98. The average molecular weight is 271 g/mol. The normalized spacial score (nSPS) is 10.4. The quantitative estimate of drug-likeness (QED) is 0.718. The van der Waals surface area contributed by atoms with Crippen LogP contribution in [0.1, 0.15) is 13.3 Å². The summed E-state index contributed by atoms with van der Waals surface area (Å²) in [5.74, 6) is 2.44. The molecule has 2 heteroatoms. The summed E-state index contributed by atoms with van der Waals surface area (Å²) in [5, 5.41) is 3.56. The second kappa shape index (κ2) is 7.90. The van der Waals surface area contributed by atoms with Gasteiger partial charge in [0.2, 0.25) is 0 Å². The number of rotatable bonds is 7. The molecular formula is C17H21NS. The van der Waals surface area contributed by atoms with E-state index in [1.807, 2.05) is 11.8 Å². The molecule has 0 saturated carbocycles. The van der Waals surface area contributed by atoms with Crippen molar-refractivity contribution in [1.82, 2.24) is 0 Å². The SMILES string of the molecule is CCSCCCNc1ccccc1-c1ccccc1. The van der Waals surface area contributed by atoms with E-state index in [4.69, 9.17) is 0 Å². The Labute approximate surface area is 120 Å². The van der Waals surface area contributed by atoms with Gasteiger partial charge in [-0.15, -0.1) is 0 Å². The molecule has 0 fully saturated rings. The lowest BCUT2D eigenvalue weighted by atomic mass is 10.0. The first kappa shape index (κ1) is 14.0. The van der Waals surface area contributed by atoms with Crippen molar-refractivity contribution in [3.8, 4) is 11.1 Å². The van der Waals surface area contributed by atoms with Crippen LogP contribution in [0.25, 0.3) is 11.1 Å². The Kier molecular flexibility index (Phi) is 5.83. The Balaban J connectivity index is 2.01. The first-order valence-electron chi connectivity index (χ1n) is 6.88. The molecule has 0 heterocycles. The van der Waals surface area contributed by atoms with Gasteiger partial charge in [0.1, 0.15) is 0 Å². The molecule has 0 aliphatic carbocycles. The van der Waals surface area contributed by atoms with Crippen molar-refractivity contribution in [3.63, 3.8) is 0 Å². The monoisotopic (exact) mass is 271 g/mol. The Bertz CT molecular complexity index is 482. The second-order valence-electron chi connectivity index (χ2n) is 4.39. The second-order valence-corrected chi connectivity index (χ2v) is 5.78. The van der Waals surface area contributed by atoms with Crippen molar-refractivity contribution >= 4 is 17.4 Å². The summed E-state index contributed by atoms with van der Waals surface area (Å²) in [6.07, 6.45) is 1.21. The van der Waals surface area contributed by atoms with Crippen molar-refractivity contribution in [2.75, 3.05) is 23.4 Å². The largest absolute Gasteiger partial charge is 0.385 e. The van der Waals surface area contributed by atoms with E-state index < -0.39 is 0 Å². The Morgan fingerprint density at radius 1 is 0.947 bits per heavy atom. The molecule has 1 N–H and O–H groups in total. The molecule has 0 spiro atoms. The van der Waals surface area contributed by atoms with Crippen molar-refractivity contribution in [1.29, 1.82) is 0 Å². The van der Waals surface area contributed by atoms with E-state index in [0.29, 0.717) is 0 Å². The standard InChI is InChI=1S/C17H21NS/c1-2-19-14-8-13-18-17-12-7-6-11-16(17)15-9-4-3-5-10-15/h3-7,9-12,18H,2,8,13-14H2,1H3. The van der Waals surface area contributed by atoms with E-state index >= 15 is 0 Å². The van der Waals surface area contributed by atoms with Crippen molar-refractivity contribution in [2.45, 2.75) is 13.3 Å². The summed E-state index contributed by atoms with van der Waals surface area (Å²) in [5.41, 5.74) is 3.79. The van der Waals surface area contributed by atoms with Gasteiger partial charge in [-0.1, -0.05) is 55.5 Å². The summed E-state index contributed by atoms with van der Waals surface area (Å²) in [7, 11) is 0. The maximum Gasteiger partial charge on any atom is 0.0419 e. The van der Waals surface area contributed by atoms with Gasteiger partial charge in [0.05, 0.1) is 0 Å². The molecule has 0 aromatic heterocycles. The van der Waals surface area contributed by atoms with E-state index in [-0.39, 0.29) is 0 Å². The highest BCUT2D eigenvalue weighted by Crippen LogP contribution is 2.27. The zero-order chi connectivity index (χ0) is 13.3. The van der Waals surface area contributed by atoms with Gasteiger partial charge < -0.3 is 5.32 Å². The van der Waals surface area contributed by atoms with Crippen molar-refractivity contribution in [2.24, 2.45) is 0 Å². The van der Waals surface area contributed by atoms with Crippen LogP contribution in [0.15, 0.2) is 54.6 Å². The Morgan fingerprint density at radius 3 is 2.47 bits per heavy atom. The van der Waals surface area contributed by atoms with E-state index in [1.165, 1.54) is 34.7 Å². The van der Waals surface area contributed by atoms with Gasteiger partial charge in [0, 0.05) is 17.8 Å². The molecule has 0 amide bonds. The number of hydrogen-bond donors (Lipinski definition) is 1. The van der Waals surface area contributed by atoms with Crippen LogP contribution < -0.4 is 5.32 Å². The van der Waals surface area contributed by atoms with Gasteiger partial charge in [-0.05, 0) is 29.6 Å². The molecule has 2 aromatic rings. The fourth-order valence-electron chi connectivity index (χ4n) is 2.05. The van der Waals surface area contributed by atoms with Crippen LogP contribution in [-0.4, -0.2) is 18.1 Å². The minimum atomic E-state index is 1.04. The number of hydrogen-bond acceptors (Lipinski definition) is 2. The van der Waals surface area contributed by atoms with Crippen LogP contribution in [0.2, 0.25) is 0 Å². The molecule has 1 nitrogen and oxygen atoms in total. The molecule has 2 aromatic carbocycles. The van der Waals surface area contributed by atoms with Crippen molar-refractivity contribution < 1.29 is 0 Å². The molecule has 19 heavy (non-hydrogen) atoms. The minimum Gasteiger partial charge on any atom is -0.385 e. The predicted molar refractivity (Wildman–Crippen MR) is 88.0 cm³/mol. The molecule has 0 aliphatic heterocycles. The molecule has 100 valence electrons. The molecule has 0 aliphatic rings. The van der Waals surface area contributed by atoms with Crippen LogP contribution in [0.3, 0.4) is 0 Å². The lowest BCUT2D eigenvalue weighted by Gasteiger charge is -2.12. The third kappa shape index (κ3) is 4.32. The summed E-state index contributed by atoms with van der Waals surface area (Å²) < 4.78 is 0. The van der Waals surface area contributed by atoms with Crippen LogP contribution in [0.5, 0.6) is 0 Å². The molecule has 0 saturated heterocycles. The van der Waals surface area contributed by atoms with Gasteiger partial charge in [0.25, 0.3) is 0 Å². The first-order valence-corrected chi connectivity index (χ1v) is 8.03. The minimum absolute atomic E-state index is 1.04. The molecule has 0 atom stereocenters. The van der Waals surface area contributed by atoms with E-state index in [1.54, 1.807) is 0 Å². The highest BCUT2D eigenvalue weighted by molar-refractivity contribution is 7.99. The summed E-state index contributed by atoms with van der Waals surface area (Å²) in [6, 6.07) is 19.1. The highest BCUT2D eigenvalue weighted by Gasteiger charge is 2.02. The molecule has 0 radical (unpaired) electrons. The maximum atomic E-state index is 3.56. The zero-order valence-corrected chi connectivity index (χ0v) is 12.2. The Morgan fingerprint density at radius 2 is 1.68 bits per heavy atom. The number of para-hydroxylation sites is 1. The van der Waals surface area contributed by atoms with Gasteiger partial charge in [-0.25, -0.2) is 0 Å². The number of nitrogens with one attached hydrogen (secondary N) is 1. The molecular weight excluding hydrogens is 250 g/mol. The van der Waals surface area contributed by atoms with Crippen LogP contribution in [-0.2, 0) is 0 Å². The van der Waals surface area contributed by atoms with E-state index in [9.17, 15) is 0 Å². The zero-order valence-electron chi connectivity index (χ0n) is 11.4. The van der Waals surface area contributed by atoms with Crippen LogP contribution >= 0.6 is 11.8 Å². The smallest absolute Gasteiger partial charge is 0.0419 e. The third-order valence-electron chi connectivity index (χ3n) is 3.00. The molecule has 2 rings (SSSR count). The molecule has 0 bridgehead atoms. The Hall–Kier alpha value is -1.41.